The highest BCUT2D eigenvalue weighted by Gasteiger charge is 2.44. The molecule has 0 bridgehead atoms. The van der Waals surface area contributed by atoms with E-state index < -0.39 is 23.8 Å². The first-order chi connectivity index (χ1) is 17.5. The number of benzene rings is 3. The van der Waals surface area contributed by atoms with Crippen molar-refractivity contribution in [2.75, 3.05) is 11.4 Å². The Kier molecular flexibility index (Phi) is 6.63. The zero-order valence-corrected chi connectivity index (χ0v) is 20.9. The number of carbonyl (C=O) groups excluding carboxylic acids is 3. The molecular formula is C27H21ClN4O3S. The molecule has 1 aromatic heterocycles. The molecule has 0 N–H and O–H groups in total. The van der Waals surface area contributed by atoms with Gasteiger partial charge in [-0.2, -0.15) is 0 Å². The highest BCUT2D eigenvalue weighted by Crippen LogP contribution is 2.32. The number of likely N-dealkylation sites (N-methyl/N-ethyl adjacent to an activating group) is 1. The number of fused-ring (bicyclic) bond motifs is 1. The van der Waals surface area contributed by atoms with Gasteiger partial charge in [-0.3, -0.25) is 24.2 Å². The molecular weight excluding hydrogens is 496 g/mol. The highest BCUT2D eigenvalue weighted by molar-refractivity contribution is 7.18. The van der Waals surface area contributed by atoms with Crippen LogP contribution in [0.2, 0.25) is 5.02 Å². The van der Waals surface area contributed by atoms with Gasteiger partial charge in [-0.25, -0.2) is 0 Å². The Morgan fingerprint density at radius 2 is 1.53 bits per heavy atom. The average molecular weight is 517 g/mol. The van der Waals surface area contributed by atoms with E-state index in [2.05, 4.69) is 10.2 Å². The molecule has 1 atom stereocenters. The number of anilines is 1. The first kappa shape index (κ1) is 23.8. The standard InChI is InChI=1S/C27H21ClN4O3S/c1-2-31(27-30-29-23(36-27)18-12-14-19(28)15-13-18)26(35)22(16-17-8-4-3-5-9-17)32-24(33)20-10-6-7-11-21(20)25(32)34/h3-15,22H,2,16H2,1H3/t22-/m0/s1. The molecule has 3 amide bonds. The fourth-order valence-corrected chi connectivity index (χ4v) is 5.26. The first-order valence-corrected chi connectivity index (χ1v) is 12.6. The van der Waals surface area contributed by atoms with Gasteiger partial charge in [0, 0.05) is 23.6 Å². The van der Waals surface area contributed by atoms with Crippen LogP contribution in [0.25, 0.3) is 10.6 Å². The Balaban J connectivity index is 1.50. The third kappa shape index (κ3) is 4.41. The lowest BCUT2D eigenvalue weighted by Gasteiger charge is -2.29. The lowest BCUT2D eigenvalue weighted by molar-refractivity contribution is -0.122. The molecule has 36 heavy (non-hydrogen) atoms. The van der Waals surface area contributed by atoms with Gasteiger partial charge in [-0.05, 0) is 36.8 Å². The van der Waals surface area contributed by atoms with Crippen LogP contribution in [0, 0.1) is 0 Å². The van der Waals surface area contributed by atoms with E-state index in [1.807, 2.05) is 49.4 Å². The van der Waals surface area contributed by atoms with E-state index in [0.29, 0.717) is 32.8 Å². The lowest BCUT2D eigenvalue weighted by atomic mass is 10.0. The minimum atomic E-state index is -1.04. The molecule has 1 aliphatic heterocycles. The van der Waals surface area contributed by atoms with Gasteiger partial charge in [-0.1, -0.05) is 77.5 Å². The molecule has 180 valence electrons. The largest absolute Gasteiger partial charge is 0.285 e. The molecule has 3 aromatic carbocycles. The Hall–Kier alpha value is -3.88. The van der Waals surface area contributed by atoms with Crippen molar-refractivity contribution in [1.82, 2.24) is 15.1 Å². The quantitative estimate of drug-likeness (QED) is 0.318. The van der Waals surface area contributed by atoms with Crippen LogP contribution in [0.4, 0.5) is 5.13 Å². The number of halogens is 1. The minimum absolute atomic E-state index is 0.185. The number of hydrogen-bond donors (Lipinski definition) is 0. The van der Waals surface area contributed by atoms with Crippen LogP contribution in [0.1, 0.15) is 33.2 Å². The Morgan fingerprint density at radius 3 is 2.14 bits per heavy atom. The number of hydrogen-bond acceptors (Lipinski definition) is 6. The normalized spacial score (nSPS) is 13.6. The van der Waals surface area contributed by atoms with E-state index in [9.17, 15) is 14.4 Å². The van der Waals surface area contributed by atoms with Gasteiger partial charge in [0.15, 0.2) is 0 Å². The van der Waals surface area contributed by atoms with Crippen molar-refractivity contribution < 1.29 is 14.4 Å². The van der Waals surface area contributed by atoms with E-state index in [1.165, 1.54) is 16.2 Å². The minimum Gasteiger partial charge on any atom is -0.285 e. The Bertz CT molecular complexity index is 1400. The fourth-order valence-electron chi connectivity index (χ4n) is 4.22. The summed E-state index contributed by atoms with van der Waals surface area (Å²) in [6.07, 6.45) is 0.185. The van der Waals surface area contributed by atoms with E-state index >= 15 is 0 Å². The highest BCUT2D eigenvalue weighted by atomic mass is 35.5. The second-order valence-electron chi connectivity index (χ2n) is 8.21. The number of imide groups is 1. The molecule has 9 heteroatoms. The summed E-state index contributed by atoms with van der Waals surface area (Å²) in [5, 5.41) is 10.1. The van der Waals surface area contributed by atoms with E-state index in [0.717, 1.165) is 16.0 Å². The number of amides is 3. The monoisotopic (exact) mass is 516 g/mol. The Labute approximate surface area is 217 Å². The topological polar surface area (TPSA) is 83.5 Å². The molecule has 7 nitrogen and oxygen atoms in total. The summed E-state index contributed by atoms with van der Waals surface area (Å²) < 4.78 is 0. The summed E-state index contributed by atoms with van der Waals surface area (Å²) in [6, 6.07) is 22.1. The maximum atomic E-state index is 14.0. The van der Waals surface area contributed by atoms with Crippen molar-refractivity contribution in [1.29, 1.82) is 0 Å². The molecule has 0 spiro atoms. The van der Waals surface area contributed by atoms with E-state index in [1.54, 1.807) is 36.4 Å². The van der Waals surface area contributed by atoms with Crippen LogP contribution in [-0.4, -0.2) is 45.4 Å². The molecule has 1 aliphatic rings. The molecule has 0 saturated heterocycles. The third-order valence-corrected chi connectivity index (χ3v) is 7.26. The second kappa shape index (κ2) is 10.0. The zero-order valence-electron chi connectivity index (χ0n) is 19.3. The van der Waals surface area contributed by atoms with Crippen molar-refractivity contribution in [2.24, 2.45) is 0 Å². The van der Waals surface area contributed by atoms with Crippen molar-refractivity contribution >= 4 is 45.8 Å². The van der Waals surface area contributed by atoms with Gasteiger partial charge in [0.2, 0.25) is 5.13 Å². The third-order valence-electron chi connectivity index (χ3n) is 6.01. The number of aromatic nitrogens is 2. The van der Waals surface area contributed by atoms with Gasteiger partial charge in [-0.15, -0.1) is 10.2 Å². The van der Waals surface area contributed by atoms with Gasteiger partial charge in [0.1, 0.15) is 11.0 Å². The average Bonchev–Trinajstić information content (AvgIpc) is 3.48. The molecule has 0 fully saturated rings. The molecule has 4 aromatic rings. The summed E-state index contributed by atoms with van der Waals surface area (Å²) in [6.45, 7) is 2.12. The van der Waals surface area contributed by atoms with E-state index in [4.69, 9.17) is 11.6 Å². The van der Waals surface area contributed by atoms with Crippen LogP contribution >= 0.6 is 22.9 Å². The molecule has 2 heterocycles. The molecule has 0 saturated carbocycles. The number of carbonyl (C=O) groups is 3. The van der Waals surface area contributed by atoms with Crippen LogP contribution in [0.5, 0.6) is 0 Å². The zero-order chi connectivity index (χ0) is 25.2. The molecule has 0 unspecified atom stereocenters. The summed E-state index contributed by atoms with van der Waals surface area (Å²) >= 11 is 7.25. The van der Waals surface area contributed by atoms with Crippen LogP contribution in [0.3, 0.4) is 0 Å². The molecule has 5 rings (SSSR count). The SMILES string of the molecule is CCN(C(=O)[C@H](Cc1ccccc1)N1C(=O)c2ccccc2C1=O)c1nnc(-c2ccc(Cl)cc2)s1. The van der Waals surface area contributed by atoms with Crippen molar-refractivity contribution in [2.45, 2.75) is 19.4 Å². The fraction of sp³-hybridized carbons (Fsp3) is 0.148. The summed E-state index contributed by atoms with van der Waals surface area (Å²) in [7, 11) is 0. The number of rotatable bonds is 7. The summed E-state index contributed by atoms with van der Waals surface area (Å²) in [5.74, 6) is -1.34. The van der Waals surface area contributed by atoms with Crippen LogP contribution in [0.15, 0.2) is 78.9 Å². The van der Waals surface area contributed by atoms with Gasteiger partial charge in [0.25, 0.3) is 17.7 Å². The van der Waals surface area contributed by atoms with Crippen molar-refractivity contribution in [3.8, 4) is 10.6 Å². The smallest absolute Gasteiger partial charge is 0.262 e. The second-order valence-corrected chi connectivity index (χ2v) is 9.60. The van der Waals surface area contributed by atoms with E-state index in [-0.39, 0.29) is 6.42 Å². The Morgan fingerprint density at radius 1 is 0.917 bits per heavy atom. The van der Waals surface area contributed by atoms with Gasteiger partial charge < -0.3 is 0 Å². The maximum absolute atomic E-state index is 14.0. The van der Waals surface area contributed by atoms with Gasteiger partial charge >= 0.3 is 0 Å². The molecule has 0 radical (unpaired) electrons. The van der Waals surface area contributed by atoms with Gasteiger partial charge in [0.05, 0.1) is 11.1 Å². The number of nitrogens with zero attached hydrogens (tertiary/aromatic N) is 4. The first-order valence-electron chi connectivity index (χ1n) is 11.4. The van der Waals surface area contributed by atoms with Crippen molar-refractivity contribution in [3.05, 3.63) is 101 Å². The maximum Gasteiger partial charge on any atom is 0.262 e. The predicted molar refractivity (Wildman–Crippen MR) is 139 cm³/mol. The van der Waals surface area contributed by atoms with Crippen LogP contribution < -0.4 is 4.90 Å². The van der Waals surface area contributed by atoms with Crippen LogP contribution in [-0.2, 0) is 11.2 Å². The lowest BCUT2D eigenvalue weighted by Crippen LogP contribution is -2.52. The predicted octanol–water partition coefficient (Wildman–Crippen LogP) is 5.12. The molecule has 0 aliphatic carbocycles. The summed E-state index contributed by atoms with van der Waals surface area (Å²) in [5.41, 5.74) is 2.27. The summed E-state index contributed by atoms with van der Waals surface area (Å²) in [4.78, 5) is 43.2. The van der Waals surface area contributed by atoms with Crippen molar-refractivity contribution in [3.63, 3.8) is 0 Å².